The van der Waals surface area contributed by atoms with Gasteiger partial charge in [0.2, 0.25) is 5.89 Å². The third kappa shape index (κ3) is 2.38. The highest BCUT2D eigenvalue weighted by atomic mass is 16.5. The van der Waals surface area contributed by atoms with Gasteiger partial charge in [0.15, 0.2) is 5.82 Å². The molecular weight excluding hydrogens is 248 g/mol. The number of hydrogen-bond donors (Lipinski definition) is 2. The van der Waals surface area contributed by atoms with Crippen molar-refractivity contribution in [3.63, 3.8) is 0 Å². The third-order valence-electron chi connectivity index (χ3n) is 4.21. The summed E-state index contributed by atoms with van der Waals surface area (Å²) in [5, 5.41) is 16.9. The molecule has 106 valence electrons. The number of aliphatic hydroxyl groups is 1. The van der Waals surface area contributed by atoms with Crippen molar-refractivity contribution in [2.75, 3.05) is 39.9 Å². The molecule has 2 saturated heterocycles. The fraction of sp³-hybridized carbons (Fsp3) is 0.833. The minimum atomic E-state index is 0.00931. The van der Waals surface area contributed by atoms with Gasteiger partial charge in [-0.1, -0.05) is 5.16 Å². The Labute approximate surface area is 111 Å². The molecule has 19 heavy (non-hydrogen) atoms. The molecule has 0 saturated carbocycles. The van der Waals surface area contributed by atoms with E-state index in [1.54, 1.807) is 7.11 Å². The van der Waals surface area contributed by atoms with Gasteiger partial charge in [-0.3, -0.25) is 4.90 Å². The van der Waals surface area contributed by atoms with E-state index in [-0.39, 0.29) is 12.0 Å². The fourth-order valence-electron chi connectivity index (χ4n) is 3.21. The summed E-state index contributed by atoms with van der Waals surface area (Å²) in [6.45, 7) is 4.98. The van der Waals surface area contributed by atoms with Gasteiger partial charge in [0, 0.05) is 32.2 Å². The van der Waals surface area contributed by atoms with Crippen molar-refractivity contribution in [1.29, 1.82) is 0 Å². The zero-order valence-corrected chi connectivity index (χ0v) is 11.1. The lowest BCUT2D eigenvalue weighted by Gasteiger charge is -2.24. The molecule has 0 amide bonds. The summed E-state index contributed by atoms with van der Waals surface area (Å²) < 4.78 is 10.2. The highest BCUT2D eigenvalue weighted by Gasteiger charge is 2.49. The Hall–Kier alpha value is -1.02. The van der Waals surface area contributed by atoms with Crippen molar-refractivity contribution in [3.05, 3.63) is 11.7 Å². The number of aromatic nitrogens is 2. The first-order chi connectivity index (χ1) is 9.25. The number of fused-ring (bicyclic) bond motifs is 1. The number of nitrogens with one attached hydrogen (secondary N) is 1. The average Bonchev–Trinajstić information content (AvgIpc) is 3.04. The van der Waals surface area contributed by atoms with Gasteiger partial charge >= 0.3 is 0 Å². The second-order valence-electron chi connectivity index (χ2n) is 5.56. The third-order valence-corrected chi connectivity index (χ3v) is 4.21. The molecule has 0 bridgehead atoms. The molecule has 2 aliphatic heterocycles. The number of rotatable bonds is 5. The van der Waals surface area contributed by atoms with Crippen molar-refractivity contribution in [1.82, 2.24) is 20.4 Å². The Morgan fingerprint density at radius 2 is 2.53 bits per heavy atom. The van der Waals surface area contributed by atoms with E-state index in [0.29, 0.717) is 30.8 Å². The Morgan fingerprint density at radius 1 is 1.63 bits per heavy atom. The molecule has 0 radical (unpaired) electrons. The van der Waals surface area contributed by atoms with Gasteiger partial charge in [-0.05, 0) is 12.5 Å². The molecule has 2 atom stereocenters. The maximum atomic E-state index is 9.65. The van der Waals surface area contributed by atoms with Crippen molar-refractivity contribution >= 4 is 0 Å². The average molecular weight is 268 g/mol. The first-order valence-corrected chi connectivity index (χ1v) is 6.60. The van der Waals surface area contributed by atoms with E-state index in [1.807, 2.05) is 0 Å². The Balaban J connectivity index is 1.62. The van der Waals surface area contributed by atoms with Crippen molar-refractivity contribution in [2.45, 2.75) is 13.2 Å². The molecule has 2 fully saturated rings. The summed E-state index contributed by atoms with van der Waals surface area (Å²) >= 11 is 0. The van der Waals surface area contributed by atoms with Crippen LogP contribution in [0.25, 0.3) is 0 Å². The Bertz CT molecular complexity index is 438. The van der Waals surface area contributed by atoms with Crippen LogP contribution in [-0.4, -0.2) is 60.0 Å². The minimum absolute atomic E-state index is 0.00931. The van der Waals surface area contributed by atoms with Crippen LogP contribution in [-0.2, 0) is 17.9 Å². The minimum Gasteiger partial charge on any atom is -0.396 e. The number of likely N-dealkylation sites (tertiary alicyclic amines) is 1. The van der Waals surface area contributed by atoms with Gasteiger partial charge in [-0.15, -0.1) is 0 Å². The second kappa shape index (κ2) is 5.16. The second-order valence-corrected chi connectivity index (χ2v) is 5.56. The van der Waals surface area contributed by atoms with E-state index in [4.69, 9.17) is 9.26 Å². The molecule has 3 heterocycles. The van der Waals surface area contributed by atoms with E-state index in [0.717, 1.165) is 26.2 Å². The van der Waals surface area contributed by atoms with Crippen LogP contribution in [0.3, 0.4) is 0 Å². The van der Waals surface area contributed by atoms with Gasteiger partial charge in [-0.25, -0.2) is 0 Å². The van der Waals surface area contributed by atoms with Gasteiger partial charge < -0.3 is 19.7 Å². The molecule has 0 spiro atoms. The van der Waals surface area contributed by atoms with Crippen LogP contribution in [0.2, 0.25) is 0 Å². The topological polar surface area (TPSA) is 83.7 Å². The maximum Gasteiger partial charge on any atom is 0.240 e. The monoisotopic (exact) mass is 268 g/mol. The highest BCUT2D eigenvalue weighted by Crippen LogP contribution is 2.38. The lowest BCUT2D eigenvalue weighted by molar-refractivity contribution is 0.122. The summed E-state index contributed by atoms with van der Waals surface area (Å²) in [5.41, 5.74) is 0.00931. The Kier molecular flexibility index (Phi) is 3.53. The van der Waals surface area contributed by atoms with E-state index >= 15 is 0 Å². The number of methoxy groups -OCH3 is 1. The summed E-state index contributed by atoms with van der Waals surface area (Å²) in [6.07, 6.45) is 0. The normalized spacial score (nSPS) is 30.9. The smallest absolute Gasteiger partial charge is 0.240 e. The quantitative estimate of drug-likeness (QED) is 0.725. The predicted octanol–water partition coefficient (Wildman–Crippen LogP) is -0.770. The van der Waals surface area contributed by atoms with Crippen LogP contribution in [0.15, 0.2) is 4.52 Å². The summed E-state index contributed by atoms with van der Waals surface area (Å²) in [4.78, 5) is 6.57. The van der Waals surface area contributed by atoms with Crippen molar-refractivity contribution < 1.29 is 14.4 Å². The Morgan fingerprint density at radius 3 is 3.26 bits per heavy atom. The zero-order chi connectivity index (χ0) is 13.3. The van der Waals surface area contributed by atoms with Crippen LogP contribution >= 0.6 is 0 Å². The van der Waals surface area contributed by atoms with E-state index in [1.165, 1.54) is 0 Å². The molecule has 3 rings (SSSR count). The molecule has 2 N–H and O–H groups in total. The van der Waals surface area contributed by atoms with Gasteiger partial charge in [0.05, 0.1) is 13.2 Å². The van der Waals surface area contributed by atoms with Crippen molar-refractivity contribution in [2.24, 2.45) is 11.3 Å². The fourth-order valence-corrected chi connectivity index (χ4v) is 3.21. The number of ether oxygens (including phenoxy) is 1. The van der Waals surface area contributed by atoms with Crippen LogP contribution in [0, 0.1) is 11.3 Å². The molecule has 0 aromatic carbocycles. The highest BCUT2D eigenvalue weighted by molar-refractivity contribution is 5.03. The first-order valence-electron chi connectivity index (χ1n) is 6.60. The van der Waals surface area contributed by atoms with Gasteiger partial charge in [0.25, 0.3) is 0 Å². The standard InChI is InChI=1S/C12H20N4O3/c1-18-5-10-14-11(19-15-10)4-16-3-9-2-13-6-12(9,7-16)8-17/h9,13,17H,2-8H2,1H3. The molecule has 2 unspecified atom stereocenters. The van der Waals surface area contributed by atoms with Gasteiger partial charge in [0.1, 0.15) is 6.61 Å². The number of aliphatic hydroxyl groups excluding tert-OH is 1. The van der Waals surface area contributed by atoms with Crippen LogP contribution < -0.4 is 5.32 Å². The maximum absolute atomic E-state index is 9.65. The van der Waals surface area contributed by atoms with E-state index in [9.17, 15) is 5.11 Å². The van der Waals surface area contributed by atoms with Crippen molar-refractivity contribution in [3.8, 4) is 0 Å². The molecule has 0 aliphatic carbocycles. The van der Waals surface area contributed by atoms with Crippen LogP contribution in [0.1, 0.15) is 11.7 Å². The lowest BCUT2D eigenvalue weighted by Crippen LogP contribution is -2.35. The van der Waals surface area contributed by atoms with Crippen LogP contribution in [0.5, 0.6) is 0 Å². The van der Waals surface area contributed by atoms with E-state index < -0.39 is 0 Å². The largest absolute Gasteiger partial charge is 0.396 e. The van der Waals surface area contributed by atoms with Gasteiger partial charge in [-0.2, -0.15) is 4.98 Å². The SMILES string of the molecule is COCc1noc(CN2CC3CNCC3(CO)C2)n1. The molecule has 1 aromatic heterocycles. The van der Waals surface area contributed by atoms with Crippen LogP contribution in [0.4, 0.5) is 0 Å². The molecule has 7 heteroatoms. The molecular formula is C12H20N4O3. The zero-order valence-electron chi connectivity index (χ0n) is 11.1. The predicted molar refractivity (Wildman–Crippen MR) is 66.2 cm³/mol. The number of hydrogen-bond acceptors (Lipinski definition) is 7. The molecule has 7 nitrogen and oxygen atoms in total. The molecule has 1 aromatic rings. The number of nitrogens with zero attached hydrogens (tertiary/aromatic N) is 3. The van der Waals surface area contributed by atoms with E-state index in [2.05, 4.69) is 20.4 Å². The molecule has 2 aliphatic rings. The summed E-state index contributed by atoms with van der Waals surface area (Å²) in [7, 11) is 1.61. The first kappa shape index (κ1) is 13.0. The summed E-state index contributed by atoms with van der Waals surface area (Å²) in [6, 6.07) is 0. The summed E-state index contributed by atoms with van der Waals surface area (Å²) in [5.74, 6) is 1.71. The lowest BCUT2D eigenvalue weighted by atomic mass is 9.82.